The summed E-state index contributed by atoms with van der Waals surface area (Å²) in [7, 11) is -1.62. The van der Waals surface area contributed by atoms with Crippen LogP contribution in [0.3, 0.4) is 0 Å². The van der Waals surface area contributed by atoms with Gasteiger partial charge in [-0.25, -0.2) is 0 Å². The third kappa shape index (κ3) is 5.69. The van der Waals surface area contributed by atoms with E-state index in [4.69, 9.17) is 4.43 Å². The summed E-state index contributed by atoms with van der Waals surface area (Å²) < 4.78 is 6.18. The fourth-order valence-electron chi connectivity index (χ4n) is 1.21. The molecule has 0 aliphatic rings. The molecular weight excluding hydrogens is 204 g/mol. The van der Waals surface area contributed by atoms with E-state index in [1.807, 2.05) is 6.92 Å². The second-order valence-electron chi connectivity index (χ2n) is 6.12. The van der Waals surface area contributed by atoms with Crippen LogP contribution in [0.4, 0.5) is 0 Å². The smallest absolute Gasteiger partial charge is 0.192 e. The van der Waals surface area contributed by atoms with Crippen LogP contribution in [0.5, 0.6) is 0 Å². The lowest BCUT2D eigenvalue weighted by molar-refractivity contribution is 0.137. The standard InChI is InChI=1S/C12H28O2Si/c1-10(13)8-9-11(2)14-15(6,7)12(3,4)5/h10-11,13H,8-9H2,1-7H3/t10-,11+/m0/s1. The highest BCUT2D eigenvalue weighted by Crippen LogP contribution is 2.37. The van der Waals surface area contributed by atoms with Gasteiger partial charge in [0.1, 0.15) is 0 Å². The van der Waals surface area contributed by atoms with Crippen LogP contribution >= 0.6 is 0 Å². The molecule has 0 heterocycles. The quantitative estimate of drug-likeness (QED) is 0.735. The van der Waals surface area contributed by atoms with Crippen molar-refractivity contribution in [2.24, 2.45) is 0 Å². The molecule has 0 aromatic rings. The van der Waals surface area contributed by atoms with Crippen LogP contribution in [0.1, 0.15) is 47.5 Å². The van der Waals surface area contributed by atoms with Crippen molar-refractivity contribution >= 4 is 8.32 Å². The summed E-state index contributed by atoms with van der Waals surface area (Å²) in [5, 5.41) is 9.49. The van der Waals surface area contributed by atoms with Gasteiger partial charge in [-0.3, -0.25) is 0 Å². The van der Waals surface area contributed by atoms with E-state index in [2.05, 4.69) is 40.8 Å². The van der Waals surface area contributed by atoms with Crippen LogP contribution in [-0.2, 0) is 4.43 Å². The van der Waals surface area contributed by atoms with Crippen molar-refractivity contribution in [1.82, 2.24) is 0 Å². The monoisotopic (exact) mass is 232 g/mol. The first kappa shape index (κ1) is 15.1. The first-order valence-corrected chi connectivity index (χ1v) is 8.83. The lowest BCUT2D eigenvalue weighted by Gasteiger charge is -2.38. The molecule has 0 amide bonds. The molecule has 0 bridgehead atoms. The largest absolute Gasteiger partial charge is 0.414 e. The molecule has 0 aliphatic heterocycles. The SMILES string of the molecule is C[C@H](O)CC[C@@H](C)O[Si](C)(C)C(C)(C)C. The van der Waals surface area contributed by atoms with Gasteiger partial charge >= 0.3 is 0 Å². The molecule has 0 aromatic carbocycles. The van der Waals surface area contributed by atoms with Crippen LogP contribution in [-0.4, -0.2) is 25.6 Å². The predicted octanol–water partition coefficient (Wildman–Crippen LogP) is 3.56. The highest BCUT2D eigenvalue weighted by atomic mass is 28.4. The zero-order valence-corrected chi connectivity index (χ0v) is 12.4. The van der Waals surface area contributed by atoms with Crippen LogP contribution in [0, 0.1) is 0 Å². The van der Waals surface area contributed by atoms with E-state index >= 15 is 0 Å². The number of aliphatic hydroxyl groups is 1. The van der Waals surface area contributed by atoms with Crippen LogP contribution in [0.25, 0.3) is 0 Å². The molecule has 1 N–H and O–H groups in total. The topological polar surface area (TPSA) is 29.5 Å². The van der Waals surface area contributed by atoms with E-state index in [1.54, 1.807) is 0 Å². The van der Waals surface area contributed by atoms with Crippen molar-refractivity contribution in [3.05, 3.63) is 0 Å². The molecule has 92 valence electrons. The van der Waals surface area contributed by atoms with Crippen molar-refractivity contribution in [2.45, 2.75) is 77.8 Å². The van der Waals surface area contributed by atoms with E-state index in [0.29, 0.717) is 0 Å². The van der Waals surface area contributed by atoms with Crippen molar-refractivity contribution in [2.75, 3.05) is 0 Å². The van der Waals surface area contributed by atoms with Gasteiger partial charge in [0.2, 0.25) is 0 Å². The molecule has 0 saturated carbocycles. The second-order valence-corrected chi connectivity index (χ2v) is 10.9. The van der Waals surface area contributed by atoms with E-state index in [-0.39, 0.29) is 17.2 Å². The van der Waals surface area contributed by atoms with Crippen LogP contribution in [0.15, 0.2) is 0 Å². The summed E-state index contributed by atoms with van der Waals surface area (Å²) in [5.74, 6) is 0. The molecule has 2 nitrogen and oxygen atoms in total. The average molecular weight is 232 g/mol. The second kappa shape index (κ2) is 5.46. The normalized spacial score (nSPS) is 17.6. The fraction of sp³-hybridized carbons (Fsp3) is 1.00. The molecule has 15 heavy (non-hydrogen) atoms. The minimum absolute atomic E-state index is 0.213. The van der Waals surface area contributed by atoms with Crippen molar-refractivity contribution < 1.29 is 9.53 Å². The summed E-state index contributed by atoms with van der Waals surface area (Å²) in [6.45, 7) is 15.2. The highest BCUT2D eigenvalue weighted by molar-refractivity contribution is 6.74. The van der Waals surface area contributed by atoms with Crippen molar-refractivity contribution in [3.63, 3.8) is 0 Å². The molecule has 0 rings (SSSR count). The van der Waals surface area contributed by atoms with Gasteiger partial charge in [-0.15, -0.1) is 0 Å². The number of rotatable bonds is 5. The predicted molar refractivity (Wildman–Crippen MR) is 68.7 cm³/mol. The van der Waals surface area contributed by atoms with Gasteiger partial charge in [-0.2, -0.15) is 0 Å². The summed E-state index contributed by atoms with van der Waals surface area (Å²) in [4.78, 5) is 0. The fourth-order valence-corrected chi connectivity index (χ4v) is 2.69. The van der Waals surface area contributed by atoms with Gasteiger partial charge in [0.25, 0.3) is 0 Å². The highest BCUT2D eigenvalue weighted by Gasteiger charge is 2.38. The van der Waals surface area contributed by atoms with Crippen LogP contribution in [0.2, 0.25) is 18.1 Å². The molecule has 0 fully saturated rings. The molecule has 2 atom stereocenters. The molecule has 0 unspecified atom stereocenters. The Labute approximate surface area is 96.2 Å². The van der Waals surface area contributed by atoms with Gasteiger partial charge in [0, 0.05) is 6.10 Å². The Bertz CT molecular complexity index is 183. The number of hydrogen-bond acceptors (Lipinski definition) is 2. The maximum absolute atomic E-state index is 9.22. The first-order chi connectivity index (χ1) is 6.56. The molecule has 0 aromatic heterocycles. The van der Waals surface area contributed by atoms with Gasteiger partial charge in [0.15, 0.2) is 8.32 Å². The third-order valence-corrected chi connectivity index (χ3v) is 7.90. The first-order valence-electron chi connectivity index (χ1n) is 5.92. The molecule has 0 aliphatic carbocycles. The van der Waals surface area contributed by atoms with E-state index in [9.17, 15) is 5.11 Å². The van der Waals surface area contributed by atoms with Gasteiger partial charge in [0.05, 0.1) is 6.10 Å². The number of hydrogen-bond donors (Lipinski definition) is 1. The van der Waals surface area contributed by atoms with E-state index in [0.717, 1.165) is 12.8 Å². The Balaban J connectivity index is 4.11. The Morgan fingerprint density at radius 2 is 1.60 bits per heavy atom. The molecule has 0 radical (unpaired) electrons. The Hall–Kier alpha value is 0.137. The summed E-state index contributed by atoms with van der Waals surface area (Å²) in [6.07, 6.45) is 1.83. The van der Waals surface area contributed by atoms with E-state index < -0.39 is 8.32 Å². The molecular formula is C12H28O2Si. The van der Waals surface area contributed by atoms with Crippen LogP contribution < -0.4 is 0 Å². The van der Waals surface area contributed by atoms with Gasteiger partial charge < -0.3 is 9.53 Å². The molecule has 3 heteroatoms. The average Bonchev–Trinajstić information content (AvgIpc) is 1.97. The van der Waals surface area contributed by atoms with Crippen molar-refractivity contribution in [3.8, 4) is 0 Å². The zero-order valence-electron chi connectivity index (χ0n) is 11.4. The number of aliphatic hydroxyl groups excluding tert-OH is 1. The van der Waals surface area contributed by atoms with Gasteiger partial charge in [-0.05, 0) is 44.8 Å². The Kier molecular flexibility index (Phi) is 5.51. The Morgan fingerprint density at radius 1 is 1.13 bits per heavy atom. The maximum Gasteiger partial charge on any atom is 0.192 e. The van der Waals surface area contributed by atoms with Crippen molar-refractivity contribution in [1.29, 1.82) is 0 Å². The molecule has 0 spiro atoms. The minimum Gasteiger partial charge on any atom is -0.414 e. The third-order valence-electron chi connectivity index (χ3n) is 3.29. The van der Waals surface area contributed by atoms with Gasteiger partial charge in [-0.1, -0.05) is 20.8 Å². The summed E-state index contributed by atoms with van der Waals surface area (Å²) in [6, 6.07) is 0. The Morgan fingerprint density at radius 3 is 1.93 bits per heavy atom. The summed E-state index contributed by atoms with van der Waals surface area (Å²) >= 11 is 0. The van der Waals surface area contributed by atoms with E-state index in [1.165, 1.54) is 0 Å². The summed E-state index contributed by atoms with van der Waals surface area (Å²) in [5.41, 5.74) is 0. The zero-order chi connectivity index (χ0) is 12.3. The molecule has 0 saturated heterocycles. The maximum atomic E-state index is 9.22. The lowest BCUT2D eigenvalue weighted by Crippen LogP contribution is -2.43. The lowest BCUT2D eigenvalue weighted by atomic mass is 10.1. The minimum atomic E-state index is -1.62.